The van der Waals surface area contributed by atoms with E-state index in [9.17, 15) is 14.4 Å². The van der Waals surface area contributed by atoms with Gasteiger partial charge in [0, 0.05) is 55.4 Å². The molecular formula is C25H29ClN4O4. The molecule has 34 heavy (non-hydrogen) atoms. The number of benzene rings is 2. The number of hydrogen-bond donors (Lipinski definition) is 1. The Balaban J connectivity index is 1.30. The monoisotopic (exact) mass is 484 g/mol. The van der Waals surface area contributed by atoms with Gasteiger partial charge in [-0.2, -0.15) is 0 Å². The molecule has 0 atom stereocenters. The number of rotatable bonds is 7. The SMILES string of the molecule is O=C(CN1CCN(C(=O)CN2CCOCC2)CC1)Nc1ccc(Cl)cc1C(=O)c1ccccc1. The topological polar surface area (TPSA) is 82.2 Å². The highest BCUT2D eigenvalue weighted by molar-refractivity contribution is 6.31. The molecule has 0 unspecified atom stereocenters. The summed E-state index contributed by atoms with van der Waals surface area (Å²) in [6, 6.07) is 13.8. The van der Waals surface area contributed by atoms with Crippen LogP contribution in [0.1, 0.15) is 15.9 Å². The van der Waals surface area contributed by atoms with Crippen molar-refractivity contribution in [1.82, 2.24) is 14.7 Å². The van der Waals surface area contributed by atoms with Gasteiger partial charge in [0.25, 0.3) is 0 Å². The molecule has 2 aromatic rings. The van der Waals surface area contributed by atoms with Crippen LogP contribution in [0.5, 0.6) is 0 Å². The smallest absolute Gasteiger partial charge is 0.238 e. The number of piperazine rings is 1. The Kier molecular flexibility index (Phi) is 8.29. The predicted molar refractivity (Wildman–Crippen MR) is 130 cm³/mol. The highest BCUT2D eigenvalue weighted by atomic mass is 35.5. The molecule has 0 bridgehead atoms. The number of hydrogen-bond acceptors (Lipinski definition) is 6. The highest BCUT2D eigenvalue weighted by Crippen LogP contribution is 2.24. The minimum Gasteiger partial charge on any atom is -0.379 e. The van der Waals surface area contributed by atoms with E-state index in [4.69, 9.17) is 16.3 Å². The minimum atomic E-state index is -0.211. The van der Waals surface area contributed by atoms with E-state index < -0.39 is 0 Å². The molecule has 0 radical (unpaired) electrons. The van der Waals surface area contributed by atoms with E-state index in [0.717, 1.165) is 13.1 Å². The number of carbonyl (C=O) groups excluding carboxylic acids is 3. The summed E-state index contributed by atoms with van der Waals surface area (Å²) in [4.78, 5) is 44.3. The van der Waals surface area contributed by atoms with Crippen LogP contribution in [0, 0.1) is 0 Å². The van der Waals surface area contributed by atoms with Crippen LogP contribution >= 0.6 is 11.6 Å². The van der Waals surface area contributed by atoms with Gasteiger partial charge >= 0.3 is 0 Å². The molecular weight excluding hydrogens is 456 g/mol. The summed E-state index contributed by atoms with van der Waals surface area (Å²) in [6.07, 6.45) is 0. The molecule has 2 aliphatic rings. The van der Waals surface area contributed by atoms with E-state index in [1.165, 1.54) is 0 Å². The third-order valence-corrected chi connectivity index (χ3v) is 6.33. The Morgan fingerprint density at radius 2 is 1.53 bits per heavy atom. The first-order valence-electron chi connectivity index (χ1n) is 11.5. The van der Waals surface area contributed by atoms with Gasteiger partial charge < -0.3 is 15.0 Å². The van der Waals surface area contributed by atoms with Crippen molar-refractivity contribution in [2.24, 2.45) is 0 Å². The Bertz CT molecular complexity index is 1020. The van der Waals surface area contributed by atoms with Crippen LogP contribution in [0.15, 0.2) is 48.5 Å². The lowest BCUT2D eigenvalue weighted by molar-refractivity contribution is -0.135. The zero-order valence-corrected chi connectivity index (χ0v) is 19.8. The molecule has 0 spiro atoms. The number of anilines is 1. The standard InChI is InChI=1S/C25H29ClN4O4/c26-20-6-7-22(21(16-20)25(33)19-4-2-1-3-5-19)27-23(31)17-28-8-10-30(11-9-28)24(32)18-29-12-14-34-15-13-29/h1-7,16H,8-15,17-18H2,(H,27,31). The fourth-order valence-electron chi connectivity index (χ4n) is 4.16. The molecule has 8 nitrogen and oxygen atoms in total. The molecule has 180 valence electrons. The number of ketones is 1. The lowest BCUT2D eigenvalue weighted by atomic mass is 10.0. The number of ether oxygens (including phenoxy) is 1. The van der Waals surface area contributed by atoms with Crippen LogP contribution in [-0.2, 0) is 14.3 Å². The predicted octanol–water partition coefficient (Wildman–Crippen LogP) is 1.99. The number of amides is 2. The largest absolute Gasteiger partial charge is 0.379 e. The maximum Gasteiger partial charge on any atom is 0.238 e. The molecule has 2 saturated heterocycles. The van der Waals surface area contributed by atoms with Crippen molar-refractivity contribution in [2.75, 3.05) is 70.9 Å². The molecule has 0 aromatic heterocycles. The van der Waals surface area contributed by atoms with Gasteiger partial charge in [0.2, 0.25) is 11.8 Å². The summed E-state index contributed by atoms with van der Waals surface area (Å²) in [6.45, 7) is 5.94. The lowest BCUT2D eigenvalue weighted by Crippen LogP contribution is -2.53. The minimum absolute atomic E-state index is 0.122. The highest BCUT2D eigenvalue weighted by Gasteiger charge is 2.25. The molecule has 4 rings (SSSR count). The number of nitrogens with one attached hydrogen (secondary N) is 1. The van der Waals surface area contributed by atoms with E-state index in [1.807, 2.05) is 15.9 Å². The van der Waals surface area contributed by atoms with E-state index in [2.05, 4.69) is 10.2 Å². The first-order chi connectivity index (χ1) is 16.5. The molecule has 2 amide bonds. The summed E-state index contributed by atoms with van der Waals surface area (Å²) < 4.78 is 5.33. The third-order valence-electron chi connectivity index (χ3n) is 6.09. The van der Waals surface area contributed by atoms with Crippen LogP contribution in [0.2, 0.25) is 5.02 Å². The van der Waals surface area contributed by atoms with Crippen molar-refractivity contribution in [3.05, 3.63) is 64.7 Å². The Labute approximate surface area is 204 Å². The van der Waals surface area contributed by atoms with E-state index >= 15 is 0 Å². The summed E-state index contributed by atoms with van der Waals surface area (Å²) in [5, 5.41) is 3.29. The van der Waals surface area contributed by atoms with Crippen LogP contribution in [0.25, 0.3) is 0 Å². The average Bonchev–Trinajstić information content (AvgIpc) is 2.86. The van der Waals surface area contributed by atoms with Gasteiger partial charge in [0.15, 0.2) is 5.78 Å². The van der Waals surface area contributed by atoms with Gasteiger partial charge in [-0.15, -0.1) is 0 Å². The summed E-state index contributed by atoms with van der Waals surface area (Å²) in [5.74, 6) is -0.292. The first kappa shape index (κ1) is 24.3. The van der Waals surface area contributed by atoms with Crippen molar-refractivity contribution in [3.8, 4) is 0 Å². The molecule has 2 heterocycles. The molecule has 0 saturated carbocycles. The van der Waals surface area contributed by atoms with E-state index in [-0.39, 0.29) is 24.1 Å². The van der Waals surface area contributed by atoms with Gasteiger partial charge in [0.1, 0.15) is 0 Å². The maximum absolute atomic E-state index is 13.0. The van der Waals surface area contributed by atoms with Gasteiger partial charge in [0.05, 0.1) is 32.0 Å². The fraction of sp³-hybridized carbons (Fsp3) is 0.400. The summed E-state index contributed by atoms with van der Waals surface area (Å²) >= 11 is 6.13. The van der Waals surface area contributed by atoms with Gasteiger partial charge in [-0.25, -0.2) is 0 Å². The van der Waals surface area contributed by atoms with Crippen molar-refractivity contribution in [1.29, 1.82) is 0 Å². The van der Waals surface area contributed by atoms with Crippen molar-refractivity contribution in [2.45, 2.75) is 0 Å². The number of morpholine rings is 1. The molecule has 9 heteroatoms. The van der Waals surface area contributed by atoms with Crippen molar-refractivity contribution < 1.29 is 19.1 Å². The summed E-state index contributed by atoms with van der Waals surface area (Å²) in [5.41, 5.74) is 1.31. The fourth-order valence-corrected chi connectivity index (χ4v) is 4.33. The maximum atomic E-state index is 13.0. The average molecular weight is 485 g/mol. The second-order valence-electron chi connectivity index (χ2n) is 8.48. The van der Waals surface area contributed by atoms with Crippen LogP contribution in [-0.4, -0.2) is 97.9 Å². The molecule has 2 fully saturated rings. The van der Waals surface area contributed by atoms with Gasteiger partial charge in [-0.05, 0) is 18.2 Å². The third kappa shape index (κ3) is 6.42. The van der Waals surface area contributed by atoms with Gasteiger partial charge in [-0.1, -0.05) is 41.9 Å². The zero-order chi connectivity index (χ0) is 23.9. The van der Waals surface area contributed by atoms with Crippen LogP contribution in [0.3, 0.4) is 0 Å². The van der Waals surface area contributed by atoms with Gasteiger partial charge in [-0.3, -0.25) is 24.2 Å². The van der Waals surface area contributed by atoms with Crippen LogP contribution < -0.4 is 5.32 Å². The van der Waals surface area contributed by atoms with Crippen molar-refractivity contribution >= 4 is 34.9 Å². The Morgan fingerprint density at radius 3 is 2.24 bits per heavy atom. The first-order valence-corrected chi connectivity index (χ1v) is 11.9. The Hall–Kier alpha value is -2.78. The van der Waals surface area contributed by atoms with Crippen LogP contribution in [0.4, 0.5) is 5.69 Å². The molecule has 2 aromatic carbocycles. The Morgan fingerprint density at radius 1 is 0.853 bits per heavy atom. The van der Waals surface area contributed by atoms with E-state index in [1.54, 1.807) is 42.5 Å². The van der Waals surface area contributed by atoms with Crippen molar-refractivity contribution in [3.63, 3.8) is 0 Å². The summed E-state index contributed by atoms with van der Waals surface area (Å²) in [7, 11) is 0. The zero-order valence-electron chi connectivity index (χ0n) is 19.0. The van der Waals surface area contributed by atoms with E-state index in [0.29, 0.717) is 67.8 Å². The lowest BCUT2D eigenvalue weighted by Gasteiger charge is -2.36. The second-order valence-corrected chi connectivity index (χ2v) is 8.92. The normalized spacial score (nSPS) is 17.4. The molecule has 2 aliphatic heterocycles. The number of nitrogens with zero attached hydrogens (tertiary/aromatic N) is 3. The second kappa shape index (κ2) is 11.6. The molecule has 0 aliphatic carbocycles. The number of carbonyl (C=O) groups is 3. The quantitative estimate of drug-likeness (QED) is 0.605. The molecule has 1 N–H and O–H groups in total. The number of halogens is 1.